The van der Waals surface area contributed by atoms with Crippen LogP contribution in [-0.4, -0.2) is 26.8 Å². The standard InChI is InChI=1S/C21H20O4/c1-14(10-15-4-6-16(7-5-15)21(22)24-3)18-11-17-8-9-19(23-2)12-20(17)25-13-18/h4-12H,13H2,1-3H3/b14-10+. The molecular formula is C21H20O4. The molecule has 0 unspecified atom stereocenters. The highest BCUT2D eigenvalue weighted by Gasteiger charge is 2.13. The molecular weight excluding hydrogens is 316 g/mol. The van der Waals surface area contributed by atoms with Crippen LogP contribution in [0.15, 0.2) is 53.6 Å². The molecule has 0 spiro atoms. The number of hydrogen-bond acceptors (Lipinski definition) is 4. The molecule has 0 saturated carbocycles. The molecule has 1 aliphatic rings. The normalized spacial score (nSPS) is 13.4. The van der Waals surface area contributed by atoms with Gasteiger partial charge in [0.25, 0.3) is 0 Å². The van der Waals surface area contributed by atoms with Gasteiger partial charge in [0, 0.05) is 11.6 Å². The van der Waals surface area contributed by atoms with Gasteiger partial charge in [0.2, 0.25) is 0 Å². The predicted octanol–water partition coefficient (Wildman–Crippen LogP) is 4.36. The van der Waals surface area contributed by atoms with Crippen molar-refractivity contribution in [3.8, 4) is 11.5 Å². The lowest BCUT2D eigenvalue weighted by Gasteiger charge is -2.19. The number of esters is 1. The van der Waals surface area contributed by atoms with E-state index in [9.17, 15) is 4.79 Å². The Morgan fingerprint density at radius 2 is 1.88 bits per heavy atom. The van der Waals surface area contributed by atoms with Crippen molar-refractivity contribution >= 4 is 18.1 Å². The van der Waals surface area contributed by atoms with E-state index in [2.05, 4.69) is 19.1 Å². The summed E-state index contributed by atoms with van der Waals surface area (Å²) in [6.45, 7) is 2.57. The van der Waals surface area contributed by atoms with E-state index in [-0.39, 0.29) is 5.97 Å². The first-order chi connectivity index (χ1) is 12.1. The molecule has 4 nitrogen and oxygen atoms in total. The van der Waals surface area contributed by atoms with Gasteiger partial charge < -0.3 is 14.2 Å². The van der Waals surface area contributed by atoms with Crippen LogP contribution in [-0.2, 0) is 4.74 Å². The summed E-state index contributed by atoms with van der Waals surface area (Å²) in [7, 11) is 3.02. The quantitative estimate of drug-likeness (QED) is 0.778. The molecule has 0 amide bonds. The summed E-state index contributed by atoms with van der Waals surface area (Å²) in [5, 5.41) is 0. The third-order valence-electron chi connectivity index (χ3n) is 4.16. The average molecular weight is 336 g/mol. The van der Waals surface area contributed by atoms with E-state index in [0.717, 1.165) is 33.8 Å². The minimum absolute atomic E-state index is 0.331. The van der Waals surface area contributed by atoms with Crippen molar-refractivity contribution < 1.29 is 19.0 Å². The predicted molar refractivity (Wildman–Crippen MR) is 97.9 cm³/mol. The van der Waals surface area contributed by atoms with Crippen molar-refractivity contribution in [1.82, 2.24) is 0 Å². The topological polar surface area (TPSA) is 44.8 Å². The van der Waals surface area contributed by atoms with Gasteiger partial charge in [-0.15, -0.1) is 0 Å². The number of ether oxygens (including phenoxy) is 3. The molecule has 4 heteroatoms. The lowest BCUT2D eigenvalue weighted by molar-refractivity contribution is 0.0600. The second-order valence-corrected chi connectivity index (χ2v) is 5.80. The molecule has 0 aliphatic carbocycles. The third-order valence-corrected chi connectivity index (χ3v) is 4.16. The van der Waals surface area contributed by atoms with Gasteiger partial charge >= 0.3 is 5.97 Å². The first-order valence-electron chi connectivity index (χ1n) is 7.99. The summed E-state index contributed by atoms with van der Waals surface area (Å²) in [6.07, 6.45) is 4.21. The van der Waals surface area contributed by atoms with Crippen LogP contribution in [0.5, 0.6) is 11.5 Å². The number of carbonyl (C=O) groups excluding carboxylic acids is 1. The minimum Gasteiger partial charge on any atom is -0.497 e. The zero-order valence-electron chi connectivity index (χ0n) is 14.5. The molecule has 25 heavy (non-hydrogen) atoms. The summed E-state index contributed by atoms with van der Waals surface area (Å²) in [4.78, 5) is 11.5. The molecule has 0 fully saturated rings. The van der Waals surface area contributed by atoms with Crippen LogP contribution in [0, 0.1) is 0 Å². The van der Waals surface area contributed by atoms with Gasteiger partial charge in [-0.25, -0.2) is 4.79 Å². The highest BCUT2D eigenvalue weighted by molar-refractivity contribution is 5.89. The summed E-state index contributed by atoms with van der Waals surface area (Å²) in [5.74, 6) is 1.29. The lowest BCUT2D eigenvalue weighted by atomic mass is 9.99. The Balaban J connectivity index is 1.82. The third kappa shape index (κ3) is 3.74. The summed E-state index contributed by atoms with van der Waals surface area (Å²) >= 11 is 0. The van der Waals surface area contributed by atoms with E-state index in [1.807, 2.05) is 30.3 Å². The number of carbonyl (C=O) groups is 1. The smallest absolute Gasteiger partial charge is 0.337 e. The second kappa shape index (κ2) is 7.26. The molecule has 2 aromatic rings. The van der Waals surface area contributed by atoms with E-state index in [1.165, 1.54) is 7.11 Å². The Morgan fingerprint density at radius 3 is 2.56 bits per heavy atom. The highest BCUT2D eigenvalue weighted by atomic mass is 16.5. The van der Waals surface area contributed by atoms with Crippen LogP contribution >= 0.6 is 0 Å². The first-order valence-corrected chi connectivity index (χ1v) is 7.99. The Kier molecular flexibility index (Phi) is 4.89. The largest absolute Gasteiger partial charge is 0.497 e. The maximum Gasteiger partial charge on any atom is 0.337 e. The summed E-state index contributed by atoms with van der Waals surface area (Å²) in [5.41, 5.74) is 4.84. The fourth-order valence-corrected chi connectivity index (χ4v) is 2.67. The monoisotopic (exact) mass is 336 g/mol. The Bertz CT molecular complexity index is 845. The maximum absolute atomic E-state index is 11.5. The lowest BCUT2D eigenvalue weighted by Crippen LogP contribution is -2.08. The summed E-state index contributed by atoms with van der Waals surface area (Å²) in [6, 6.07) is 13.1. The number of fused-ring (bicyclic) bond motifs is 1. The maximum atomic E-state index is 11.5. The van der Waals surface area contributed by atoms with Crippen molar-refractivity contribution in [3.05, 3.63) is 70.3 Å². The zero-order valence-corrected chi connectivity index (χ0v) is 14.5. The summed E-state index contributed by atoms with van der Waals surface area (Å²) < 4.78 is 15.8. The number of benzene rings is 2. The van der Waals surface area contributed by atoms with E-state index in [4.69, 9.17) is 14.2 Å². The van der Waals surface area contributed by atoms with Gasteiger partial charge in [0.05, 0.1) is 19.8 Å². The number of hydrogen-bond donors (Lipinski definition) is 0. The van der Waals surface area contributed by atoms with Gasteiger partial charge in [-0.2, -0.15) is 0 Å². The Morgan fingerprint density at radius 1 is 1.12 bits per heavy atom. The van der Waals surface area contributed by atoms with Crippen LogP contribution < -0.4 is 9.47 Å². The molecule has 1 aliphatic heterocycles. The highest BCUT2D eigenvalue weighted by Crippen LogP contribution is 2.32. The van der Waals surface area contributed by atoms with E-state index in [0.29, 0.717) is 12.2 Å². The van der Waals surface area contributed by atoms with Crippen LogP contribution in [0.25, 0.3) is 12.2 Å². The van der Waals surface area contributed by atoms with Gasteiger partial charge in [-0.3, -0.25) is 0 Å². The molecule has 2 aromatic carbocycles. The molecule has 128 valence electrons. The Labute approximate surface area is 147 Å². The molecule has 0 radical (unpaired) electrons. The minimum atomic E-state index is -0.331. The Hall–Kier alpha value is -3.01. The fourth-order valence-electron chi connectivity index (χ4n) is 2.67. The van der Waals surface area contributed by atoms with Crippen molar-refractivity contribution in [2.75, 3.05) is 20.8 Å². The molecule has 0 bridgehead atoms. The van der Waals surface area contributed by atoms with Crippen LogP contribution in [0.4, 0.5) is 0 Å². The molecule has 0 saturated heterocycles. The molecule has 1 heterocycles. The van der Waals surface area contributed by atoms with Crippen LogP contribution in [0.1, 0.15) is 28.4 Å². The van der Waals surface area contributed by atoms with E-state index >= 15 is 0 Å². The average Bonchev–Trinajstić information content (AvgIpc) is 2.67. The van der Waals surface area contributed by atoms with Crippen molar-refractivity contribution in [3.63, 3.8) is 0 Å². The van der Waals surface area contributed by atoms with E-state index < -0.39 is 0 Å². The molecule has 3 rings (SSSR count). The van der Waals surface area contributed by atoms with Gasteiger partial charge in [-0.05, 0) is 54.0 Å². The second-order valence-electron chi connectivity index (χ2n) is 5.80. The van der Waals surface area contributed by atoms with Crippen molar-refractivity contribution in [2.45, 2.75) is 6.92 Å². The van der Waals surface area contributed by atoms with E-state index in [1.54, 1.807) is 19.2 Å². The molecule has 0 aromatic heterocycles. The number of methoxy groups -OCH3 is 2. The fraction of sp³-hybridized carbons (Fsp3) is 0.190. The van der Waals surface area contributed by atoms with Gasteiger partial charge in [-0.1, -0.05) is 18.2 Å². The molecule has 0 N–H and O–H groups in total. The van der Waals surface area contributed by atoms with Crippen LogP contribution in [0.3, 0.4) is 0 Å². The molecule has 0 atom stereocenters. The SMILES string of the molecule is COC(=O)c1ccc(/C=C(\C)C2=Cc3ccc(OC)cc3OC2)cc1. The van der Waals surface area contributed by atoms with Crippen molar-refractivity contribution in [2.24, 2.45) is 0 Å². The van der Waals surface area contributed by atoms with Gasteiger partial charge in [0.15, 0.2) is 0 Å². The van der Waals surface area contributed by atoms with Gasteiger partial charge in [0.1, 0.15) is 18.1 Å². The van der Waals surface area contributed by atoms with Crippen molar-refractivity contribution in [1.29, 1.82) is 0 Å². The first kappa shape index (κ1) is 16.8. The number of rotatable bonds is 4. The zero-order chi connectivity index (χ0) is 17.8. The van der Waals surface area contributed by atoms with Crippen LogP contribution in [0.2, 0.25) is 0 Å².